The lowest BCUT2D eigenvalue weighted by atomic mass is 9.82. The van der Waals surface area contributed by atoms with Crippen LogP contribution < -0.4 is 5.32 Å². The number of carboxylic acid groups (broad SMARTS) is 1. The topological polar surface area (TPSA) is 115 Å². The van der Waals surface area contributed by atoms with Gasteiger partial charge >= 0.3 is 5.97 Å². The lowest BCUT2D eigenvalue weighted by Gasteiger charge is -2.34. The molecule has 1 amide bonds. The van der Waals surface area contributed by atoms with Gasteiger partial charge in [-0.1, -0.05) is 19.3 Å². The number of hydrogen-bond donors (Lipinski definition) is 2. The number of carboxylic acids is 1. The minimum atomic E-state index is -1.01. The van der Waals surface area contributed by atoms with Gasteiger partial charge < -0.3 is 15.0 Å². The van der Waals surface area contributed by atoms with Crippen molar-refractivity contribution in [2.24, 2.45) is 11.8 Å². The Kier molecular flexibility index (Phi) is 7.51. The first-order valence-electron chi connectivity index (χ1n) is 14.3. The van der Waals surface area contributed by atoms with Gasteiger partial charge in [0.25, 0.3) is 0 Å². The molecule has 0 radical (unpaired) electrons. The van der Waals surface area contributed by atoms with Crippen LogP contribution in [0.3, 0.4) is 0 Å². The molecular formula is C30H32F2N6O3. The molecule has 3 heterocycles. The van der Waals surface area contributed by atoms with Crippen LogP contribution in [-0.4, -0.2) is 47.3 Å². The van der Waals surface area contributed by atoms with Crippen molar-refractivity contribution in [3.05, 3.63) is 60.6 Å². The van der Waals surface area contributed by atoms with Crippen molar-refractivity contribution in [1.29, 1.82) is 0 Å². The van der Waals surface area contributed by atoms with Gasteiger partial charge in [-0.2, -0.15) is 5.10 Å². The van der Waals surface area contributed by atoms with Gasteiger partial charge in [-0.15, -0.1) is 0 Å². The van der Waals surface area contributed by atoms with E-state index in [0.29, 0.717) is 48.4 Å². The third kappa shape index (κ3) is 5.45. The van der Waals surface area contributed by atoms with Crippen molar-refractivity contribution in [2.45, 2.75) is 69.9 Å². The van der Waals surface area contributed by atoms with E-state index in [4.69, 9.17) is 4.98 Å². The molecule has 2 saturated carbocycles. The van der Waals surface area contributed by atoms with Gasteiger partial charge in [0.15, 0.2) is 17.5 Å². The van der Waals surface area contributed by atoms with Gasteiger partial charge in [-0.05, 0) is 62.6 Å². The molecule has 4 aromatic rings. The summed E-state index contributed by atoms with van der Waals surface area (Å²) in [7, 11) is 0. The van der Waals surface area contributed by atoms with Gasteiger partial charge in [0.2, 0.25) is 5.91 Å². The van der Waals surface area contributed by atoms with Crippen molar-refractivity contribution in [3.8, 4) is 17.2 Å². The number of fused-ring (bicyclic) bond motifs is 1. The number of carbonyl (C=O) groups is 2. The number of imidazole rings is 1. The molecule has 0 bridgehead atoms. The van der Waals surface area contributed by atoms with Crippen molar-refractivity contribution < 1.29 is 23.5 Å². The molecule has 2 aliphatic rings. The number of nitrogens with one attached hydrogen (secondary N) is 1. The summed E-state index contributed by atoms with van der Waals surface area (Å²) in [6.07, 6.45) is 11.9. The second-order valence-corrected chi connectivity index (χ2v) is 11.2. The molecule has 1 aromatic carbocycles. The van der Waals surface area contributed by atoms with Gasteiger partial charge in [0, 0.05) is 42.3 Å². The fraction of sp³-hybridized carbons (Fsp3) is 0.433. The number of nitrogens with zero attached hydrogens (tertiary/aromatic N) is 5. The summed E-state index contributed by atoms with van der Waals surface area (Å²) in [6, 6.07) is 6.73. The van der Waals surface area contributed by atoms with Crippen LogP contribution in [-0.2, 0) is 9.59 Å². The largest absolute Gasteiger partial charge is 0.481 e. The molecule has 2 aliphatic carbocycles. The molecule has 0 unspecified atom stereocenters. The minimum absolute atomic E-state index is 0.0281. The third-order valence-electron chi connectivity index (χ3n) is 8.54. The number of halogens is 2. The van der Waals surface area contributed by atoms with E-state index in [1.807, 2.05) is 6.07 Å². The van der Waals surface area contributed by atoms with Gasteiger partial charge in [-0.3, -0.25) is 9.59 Å². The predicted molar refractivity (Wildman–Crippen MR) is 147 cm³/mol. The van der Waals surface area contributed by atoms with E-state index in [2.05, 4.69) is 15.4 Å². The lowest BCUT2D eigenvalue weighted by Crippen LogP contribution is -2.44. The van der Waals surface area contributed by atoms with Crippen LogP contribution in [0.1, 0.15) is 63.8 Å². The third-order valence-corrected chi connectivity index (χ3v) is 8.54. The van der Waals surface area contributed by atoms with E-state index < -0.39 is 29.6 Å². The zero-order chi connectivity index (χ0) is 28.5. The van der Waals surface area contributed by atoms with Gasteiger partial charge in [0.05, 0.1) is 17.0 Å². The lowest BCUT2D eigenvalue weighted by molar-refractivity contribution is -0.142. The van der Waals surface area contributed by atoms with E-state index in [1.54, 1.807) is 40.0 Å². The Morgan fingerprint density at radius 2 is 1.76 bits per heavy atom. The Labute approximate surface area is 235 Å². The highest BCUT2D eigenvalue weighted by atomic mass is 19.2. The average Bonchev–Trinajstić information content (AvgIpc) is 3.64. The Hall–Kier alpha value is -4.15. The summed E-state index contributed by atoms with van der Waals surface area (Å²) in [6.45, 7) is 0. The number of hydrogen-bond acceptors (Lipinski definition) is 5. The molecule has 6 rings (SSSR count). The fourth-order valence-electron chi connectivity index (χ4n) is 6.40. The highest BCUT2D eigenvalue weighted by Gasteiger charge is 2.36. The second-order valence-electron chi connectivity index (χ2n) is 11.2. The van der Waals surface area contributed by atoms with E-state index >= 15 is 0 Å². The number of amides is 1. The van der Waals surface area contributed by atoms with Crippen LogP contribution >= 0.6 is 0 Å². The molecule has 3 aromatic heterocycles. The molecule has 11 heteroatoms. The quantitative estimate of drug-likeness (QED) is 0.310. The zero-order valence-electron chi connectivity index (χ0n) is 22.5. The summed E-state index contributed by atoms with van der Waals surface area (Å²) in [5.74, 6) is -2.44. The highest BCUT2D eigenvalue weighted by molar-refractivity contribution is 5.87. The summed E-state index contributed by atoms with van der Waals surface area (Å²) in [4.78, 5) is 34.8. The van der Waals surface area contributed by atoms with Gasteiger partial charge in [0.1, 0.15) is 11.9 Å². The van der Waals surface area contributed by atoms with Crippen molar-refractivity contribution in [2.75, 3.05) is 0 Å². The minimum Gasteiger partial charge on any atom is -0.481 e. The maximum Gasteiger partial charge on any atom is 0.306 e. The molecule has 9 nitrogen and oxygen atoms in total. The van der Waals surface area contributed by atoms with E-state index in [0.717, 1.165) is 44.2 Å². The number of pyridine rings is 1. The van der Waals surface area contributed by atoms with Crippen LogP contribution in [0.2, 0.25) is 0 Å². The first-order valence-corrected chi connectivity index (χ1v) is 14.3. The molecule has 0 spiro atoms. The Morgan fingerprint density at radius 1 is 1.00 bits per heavy atom. The number of carbonyl (C=O) groups excluding carboxylic acids is 1. The van der Waals surface area contributed by atoms with Crippen molar-refractivity contribution in [3.63, 3.8) is 0 Å². The molecule has 0 aliphatic heterocycles. The van der Waals surface area contributed by atoms with E-state index in [-0.39, 0.29) is 23.4 Å². The number of benzene rings is 1. The van der Waals surface area contributed by atoms with Crippen molar-refractivity contribution >= 4 is 22.9 Å². The summed E-state index contributed by atoms with van der Waals surface area (Å²) in [5.41, 5.74) is 1.20. The summed E-state index contributed by atoms with van der Waals surface area (Å²) < 4.78 is 32.4. The van der Waals surface area contributed by atoms with E-state index in [9.17, 15) is 23.5 Å². The number of aliphatic carboxylic acids is 1. The van der Waals surface area contributed by atoms with Crippen LogP contribution in [0.25, 0.3) is 28.2 Å². The Bertz CT molecular complexity index is 1540. The monoisotopic (exact) mass is 562 g/mol. The number of aromatic nitrogens is 5. The highest BCUT2D eigenvalue weighted by Crippen LogP contribution is 2.39. The summed E-state index contributed by atoms with van der Waals surface area (Å²) in [5, 5.41) is 16.8. The maximum atomic E-state index is 14.6. The number of rotatable bonds is 7. The molecule has 1 atom stereocenters. The molecule has 214 valence electrons. The second kappa shape index (κ2) is 11.4. The van der Waals surface area contributed by atoms with Crippen LogP contribution in [0.5, 0.6) is 0 Å². The van der Waals surface area contributed by atoms with E-state index in [1.165, 1.54) is 0 Å². The molecule has 2 N–H and O–H groups in total. The first-order chi connectivity index (χ1) is 19.9. The maximum absolute atomic E-state index is 14.6. The smallest absolute Gasteiger partial charge is 0.306 e. The Balaban J connectivity index is 1.42. The average molecular weight is 563 g/mol. The Morgan fingerprint density at radius 3 is 2.41 bits per heavy atom. The SMILES string of the molecule is O=C(O)C1CCC(NC(=O)[C@H](C2CCCCC2)n2c(-c3ccc(-n4cccn4)nc3)nc3cc(F)c(F)cc32)CC1. The van der Waals surface area contributed by atoms with Crippen LogP contribution in [0.15, 0.2) is 48.9 Å². The predicted octanol–water partition coefficient (Wildman–Crippen LogP) is 5.44. The van der Waals surface area contributed by atoms with Gasteiger partial charge in [-0.25, -0.2) is 23.4 Å². The normalized spacial score (nSPS) is 20.6. The molecular weight excluding hydrogens is 530 g/mol. The van der Waals surface area contributed by atoms with Crippen LogP contribution in [0.4, 0.5) is 8.78 Å². The molecule has 2 fully saturated rings. The van der Waals surface area contributed by atoms with Crippen molar-refractivity contribution in [1.82, 2.24) is 29.6 Å². The molecule has 41 heavy (non-hydrogen) atoms. The molecule has 0 saturated heterocycles. The first kappa shape index (κ1) is 27.0. The summed E-state index contributed by atoms with van der Waals surface area (Å²) >= 11 is 0. The van der Waals surface area contributed by atoms with Crippen LogP contribution in [0, 0.1) is 23.5 Å². The zero-order valence-corrected chi connectivity index (χ0v) is 22.5. The standard InChI is InChI=1S/C30H32F2N6O3/c31-22-15-24-25(16-23(22)32)38(28(36-24)20-9-12-26(33-17-20)37-14-4-13-34-37)27(18-5-2-1-3-6-18)29(39)35-21-10-7-19(8-11-21)30(40)41/h4,9,12-19,21,27H,1-3,5-8,10-11H2,(H,35,39)(H,40,41)/t19?,21?,27-/m0/s1. The fourth-order valence-corrected chi connectivity index (χ4v) is 6.40.